The lowest BCUT2D eigenvalue weighted by atomic mass is 10.0. The number of fused-ring (bicyclic) bond motifs is 1. The average molecular weight is 472 g/mol. The number of nitrogens with zero attached hydrogens (tertiary/aromatic N) is 2. The second-order valence-corrected chi connectivity index (χ2v) is 9.42. The van der Waals surface area contributed by atoms with E-state index in [9.17, 15) is 9.90 Å². The number of hydrogen-bond acceptors (Lipinski definition) is 5. The van der Waals surface area contributed by atoms with E-state index in [1.807, 2.05) is 48.5 Å². The van der Waals surface area contributed by atoms with E-state index in [2.05, 4.69) is 11.9 Å². The summed E-state index contributed by atoms with van der Waals surface area (Å²) >= 11 is 13.1. The first-order valence-corrected chi connectivity index (χ1v) is 11.8. The summed E-state index contributed by atoms with van der Waals surface area (Å²) in [7, 11) is 0. The van der Waals surface area contributed by atoms with Gasteiger partial charge in [-0.1, -0.05) is 49.2 Å². The molecule has 0 saturated carbocycles. The van der Waals surface area contributed by atoms with Crippen LogP contribution in [-0.4, -0.2) is 20.4 Å². The number of benzene rings is 2. The molecule has 0 radical (unpaired) electrons. The van der Waals surface area contributed by atoms with Crippen LogP contribution in [0.1, 0.15) is 42.6 Å². The lowest BCUT2D eigenvalue weighted by Crippen LogP contribution is -2.24. The standard InChI is InChI=1S/C23H22ClN3O2S2/c1-2-3-12-27-22(29)20(21(28)26-23(27)30)17-13-19(14-8-10-15(24)11-9-14)31-18-7-5-4-6-16(18)25-17/h4-11,19,29H,2-3,12-13H2,1H3,(H,26,28,30)/t19-/m1/s1. The largest absolute Gasteiger partial charge is 0.494 e. The molecule has 1 aliphatic heterocycles. The normalized spacial score (nSPS) is 15.8. The van der Waals surface area contributed by atoms with Gasteiger partial charge in [-0.25, -0.2) is 0 Å². The molecule has 160 valence electrons. The van der Waals surface area contributed by atoms with Crippen LogP contribution >= 0.6 is 35.6 Å². The molecule has 0 bridgehead atoms. The summed E-state index contributed by atoms with van der Waals surface area (Å²) in [5.41, 5.74) is 2.15. The van der Waals surface area contributed by atoms with E-state index >= 15 is 0 Å². The summed E-state index contributed by atoms with van der Waals surface area (Å²) < 4.78 is 1.80. The van der Waals surface area contributed by atoms with Crippen molar-refractivity contribution in [3.05, 3.63) is 79.8 Å². The highest BCUT2D eigenvalue weighted by Gasteiger charge is 2.26. The first-order chi connectivity index (χ1) is 15.0. The number of unbranched alkanes of at least 4 members (excludes halogenated alkanes) is 1. The number of rotatable bonds is 5. The summed E-state index contributed by atoms with van der Waals surface area (Å²) in [5.74, 6) is -0.125. The molecule has 1 aromatic heterocycles. The first-order valence-electron chi connectivity index (χ1n) is 10.1. The van der Waals surface area contributed by atoms with E-state index in [0.717, 1.165) is 29.0 Å². The number of aliphatic imine (C=N–C) groups is 1. The summed E-state index contributed by atoms with van der Waals surface area (Å²) in [6.07, 6.45) is 2.26. The van der Waals surface area contributed by atoms with Crippen molar-refractivity contribution >= 4 is 47.0 Å². The minimum atomic E-state index is -0.423. The van der Waals surface area contributed by atoms with Crippen LogP contribution < -0.4 is 5.56 Å². The lowest BCUT2D eigenvalue weighted by molar-refractivity contribution is 0.398. The van der Waals surface area contributed by atoms with E-state index in [-0.39, 0.29) is 21.5 Å². The Kier molecular flexibility index (Phi) is 6.65. The van der Waals surface area contributed by atoms with E-state index in [1.165, 1.54) is 0 Å². The second-order valence-electron chi connectivity index (χ2n) is 7.35. The highest BCUT2D eigenvalue weighted by atomic mass is 35.5. The molecule has 31 heavy (non-hydrogen) atoms. The number of aromatic nitrogens is 2. The Labute approximate surface area is 194 Å². The Bertz CT molecular complexity index is 1250. The van der Waals surface area contributed by atoms with Gasteiger partial charge in [0.2, 0.25) is 5.88 Å². The van der Waals surface area contributed by atoms with Gasteiger partial charge in [0, 0.05) is 28.1 Å². The SMILES string of the molecule is CCCCn1c(O)c(C2=Nc3ccccc3S[C@@H](c3ccc(Cl)cc3)C2)c(=O)[nH]c1=S. The van der Waals surface area contributed by atoms with Crippen LogP contribution in [0.15, 0.2) is 63.2 Å². The smallest absolute Gasteiger partial charge is 0.264 e. The molecule has 3 aromatic rings. The van der Waals surface area contributed by atoms with Crippen LogP contribution in [0.3, 0.4) is 0 Å². The summed E-state index contributed by atoms with van der Waals surface area (Å²) in [5, 5.41) is 11.7. The molecule has 2 heterocycles. The van der Waals surface area contributed by atoms with Gasteiger partial charge in [-0.05, 0) is 48.5 Å². The van der Waals surface area contributed by atoms with Crippen molar-refractivity contribution in [2.75, 3.05) is 0 Å². The summed E-state index contributed by atoms with van der Waals surface area (Å²) in [6, 6.07) is 15.5. The molecular formula is C23H22ClN3O2S2. The molecule has 4 rings (SSSR count). The zero-order valence-electron chi connectivity index (χ0n) is 17.0. The molecule has 0 saturated heterocycles. The molecule has 1 aliphatic rings. The predicted molar refractivity (Wildman–Crippen MR) is 130 cm³/mol. The average Bonchev–Trinajstić information content (AvgIpc) is 2.93. The van der Waals surface area contributed by atoms with Gasteiger partial charge in [0.15, 0.2) is 4.77 Å². The number of aromatic amines is 1. The third kappa shape index (κ3) is 4.63. The van der Waals surface area contributed by atoms with Crippen molar-refractivity contribution in [3.8, 4) is 5.88 Å². The molecule has 2 N–H and O–H groups in total. The highest BCUT2D eigenvalue weighted by molar-refractivity contribution is 7.99. The van der Waals surface area contributed by atoms with Gasteiger partial charge in [0.1, 0.15) is 5.56 Å². The van der Waals surface area contributed by atoms with Gasteiger partial charge in [-0.3, -0.25) is 19.3 Å². The number of halogens is 1. The predicted octanol–water partition coefficient (Wildman–Crippen LogP) is 6.42. The van der Waals surface area contributed by atoms with Crippen molar-refractivity contribution in [1.82, 2.24) is 9.55 Å². The Morgan fingerprint density at radius 3 is 2.74 bits per heavy atom. The van der Waals surface area contributed by atoms with Crippen molar-refractivity contribution in [2.45, 2.75) is 42.9 Å². The number of H-pyrrole nitrogens is 1. The molecular weight excluding hydrogens is 450 g/mol. The van der Waals surface area contributed by atoms with Crippen molar-refractivity contribution in [3.63, 3.8) is 0 Å². The maximum absolute atomic E-state index is 12.9. The monoisotopic (exact) mass is 471 g/mol. The number of para-hydroxylation sites is 1. The maximum Gasteiger partial charge on any atom is 0.264 e. The molecule has 0 amide bonds. The fourth-order valence-corrected chi connectivity index (χ4v) is 5.20. The third-order valence-corrected chi connectivity index (χ3v) is 7.10. The Morgan fingerprint density at radius 2 is 2.00 bits per heavy atom. The Hall–Kier alpha value is -2.35. The highest BCUT2D eigenvalue weighted by Crippen LogP contribution is 2.45. The van der Waals surface area contributed by atoms with Crippen LogP contribution in [0.2, 0.25) is 5.02 Å². The molecule has 0 aliphatic carbocycles. The number of nitrogens with one attached hydrogen (secondary N) is 1. The summed E-state index contributed by atoms with van der Waals surface area (Å²) in [6.45, 7) is 2.59. The number of thioether (sulfide) groups is 1. The third-order valence-electron chi connectivity index (χ3n) is 5.21. The molecule has 0 unspecified atom stereocenters. The van der Waals surface area contributed by atoms with Gasteiger partial charge in [-0.2, -0.15) is 0 Å². The van der Waals surface area contributed by atoms with E-state index in [4.69, 9.17) is 28.8 Å². The molecule has 2 aromatic carbocycles. The fourth-order valence-electron chi connectivity index (χ4n) is 3.58. The number of hydrogen-bond donors (Lipinski definition) is 2. The van der Waals surface area contributed by atoms with Crippen molar-refractivity contribution in [1.29, 1.82) is 0 Å². The van der Waals surface area contributed by atoms with E-state index in [1.54, 1.807) is 16.3 Å². The fraction of sp³-hybridized carbons (Fsp3) is 0.261. The van der Waals surface area contributed by atoms with Crippen LogP contribution in [0.5, 0.6) is 5.88 Å². The van der Waals surface area contributed by atoms with E-state index in [0.29, 0.717) is 23.7 Å². The van der Waals surface area contributed by atoms with Gasteiger partial charge >= 0.3 is 0 Å². The molecule has 0 spiro atoms. The van der Waals surface area contributed by atoms with Gasteiger partial charge in [0.05, 0.1) is 11.4 Å². The van der Waals surface area contributed by atoms with Crippen LogP contribution in [0.25, 0.3) is 0 Å². The Morgan fingerprint density at radius 1 is 1.26 bits per heavy atom. The zero-order valence-corrected chi connectivity index (χ0v) is 19.4. The van der Waals surface area contributed by atoms with Crippen molar-refractivity contribution < 1.29 is 5.11 Å². The minimum absolute atomic E-state index is 0.00531. The van der Waals surface area contributed by atoms with Crippen molar-refractivity contribution in [2.24, 2.45) is 4.99 Å². The van der Waals surface area contributed by atoms with Gasteiger partial charge < -0.3 is 5.11 Å². The van der Waals surface area contributed by atoms with Gasteiger partial charge in [-0.15, -0.1) is 11.8 Å². The zero-order chi connectivity index (χ0) is 22.0. The molecule has 5 nitrogen and oxygen atoms in total. The number of aromatic hydroxyl groups is 1. The Balaban J connectivity index is 1.87. The maximum atomic E-state index is 12.9. The van der Waals surface area contributed by atoms with E-state index < -0.39 is 5.56 Å². The lowest BCUT2D eigenvalue weighted by Gasteiger charge is -2.17. The minimum Gasteiger partial charge on any atom is -0.494 e. The molecule has 0 fully saturated rings. The topological polar surface area (TPSA) is 70.4 Å². The quantitative estimate of drug-likeness (QED) is 0.421. The van der Waals surface area contributed by atoms with Crippen LogP contribution in [-0.2, 0) is 6.54 Å². The van der Waals surface area contributed by atoms with Gasteiger partial charge in [0.25, 0.3) is 5.56 Å². The second kappa shape index (κ2) is 9.42. The first kappa shape index (κ1) is 21.9. The molecule has 8 heteroatoms. The molecule has 1 atom stereocenters. The summed E-state index contributed by atoms with van der Waals surface area (Å²) in [4.78, 5) is 21.5. The van der Waals surface area contributed by atoms with Crippen LogP contribution in [0, 0.1) is 4.77 Å². The van der Waals surface area contributed by atoms with Crippen LogP contribution in [0.4, 0.5) is 5.69 Å².